The third kappa shape index (κ3) is 7.58. The average molecular weight is 202 g/mol. The first-order chi connectivity index (χ1) is 6.70. The lowest BCUT2D eigenvalue weighted by molar-refractivity contribution is -0.146. The lowest BCUT2D eigenvalue weighted by Crippen LogP contribution is -2.08. The van der Waals surface area contributed by atoms with Crippen molar-refractivity contribution in [1.82, 2.24) is 0 Å². The number of carbonyl (C=O) groups is 2. The molecule has 0 aromatic heterocycles. The highest BCUT2D eigenvalue weighted by Gasteiger charge is 2.03. The summed E-state index contributed by atoms with van der Waals surface area (Å²) in [6.07, 6.45) is 3.14. The average Bonchev–Trinajstić information content (AvgIpc) is 2.21. The standard InChI is InChI=1S/C10H18O4/c1-3-4-6-10(12)14-8-5-7-9(11)13-2/h3-8H2,1-2H3. The van der Waals surface area contributed by atoms with Crippen molar-refractivity contribution in [2.45, 2.75) is 39.0 Å². The zero-order chi connectivity index (χ0) is 10.8. The summed E-state index contributed by atoms with van der Waals surface area (Å²) in [5.74, 6) is -0.452. The Bertz CT molecular complexity index is 177. The highest BCUT2D eigenvalue weighted by Crippen LogP contribution is 1.98. The molecule has 0 bridgehead atoms. The van der Waals surface area contributed by atoms with Gasteiger partial charge >= 0.3 is 11.9 Å². The summed E-state index contributed by atoms with van der Waals surface area (Å²) in [6, 6.07) is 0. The third-order valence-corrected chi connectivity index (χ3v) is 1.75. The van der Waals surface area contributed by atoms with Gasteiger partial charge < -0.3 is 9.47 Å². The van der Waals surface area contributed by atoms with Gasteiger partial charge in [-0.3, -0.25) is 9.59 Å². The van der Waals surface area contributed by atoms with Crippen molar-refractivity contribution in [3.05, 3.63) is 0 Å². The summed E-state index contributed by atoms with van der Waals surface area (Å²) in [4.78, 5) is 21.6. The first-order valence-corrected chi connectivity index (χ1v) is 4.93. The van der Waals surface area contributed by atoms with E-state index < -0.39 is 0 Å². The van der Waals surface area contributed by atoms with Gasteiger partial charge in [0.1, 0.15) is 0 Å². The maximum absolute atomic E-state index is 11.0. The zero-order valence-electron chi connectivity index (χ0n) is 8.88. The molecule has 0 saturated heterocycles. The minimum absolute atomic E-state index is 0.184. The van der Waals surface area contributed by atoms with Gasteiger partial charge in [-0.15, -0.1) is 0 Å². The van der Waals surface area contributed by atoms with Gasteiger partial charge in [-0.25, -0.2) is 0 Å². The maximum atomic E-state index is 11.0. The molecule has 0 unspecified atom stereocenters. The highest BCUT2D eigenvalue weighted by molar-refractivity contribution is 5.70. The van der Waals surface area contributed by atoms with Crippen LogP contribution in [0.1, 0.15) is 39.0 Å². The van der Waals surface area contributed by atoms with Crippen LogP contribution in [0.4, 0.5) is 0 Å². The van der Waals surface area contributed by atoms with Crippen LogP contribution in [0.2, 0.25) is 0 Å². The van der Waals surface area contributed by atoms with Crippen molar-refractivity contribution in [1.29, 1.82) is 0 Å². The molecule has 0 aliphatic rings. The Morgan fingerprint density at radius 3 is 2.29 bits per heavy atom. The number of ether oxygens (including phenoxy) is 2. The number of carbonyl (C=O) groups excluding carboxylic acids is 2. The van der Waals surface area contributed by atoms with Gasteiger partial charge in [0.25, 0.3) is 0 Å². The van der Waals surface area contributed by atoms with Gasteiger partial charge in [0, 0.05) is 12.8 Å². The molecule has 0 amide bonds. The van der Waals surface area contributed by atoms with Crippen molar-refractivity contribution >= 4 is 11.9 Å². The molecule has 0 atom stereocenters. The smallest absolute Gasteiger partial charge is 0.305 e. The Kier molecular flexibility index (Phi) is 7.89. The molecular weight excluding hydrogens is 184 g/mol. The van der Waals surface area contributed by atoms with Gasteiger partial charge in [0.2, 0.25) is 0 Å². The molecule has 0 aromatic carbocycles. The first kappa shape index (κ1) is 12.9. The predicted molar refractivity (Wildman–Crippen MR) is 51.7 cm³/mol. The maximum Gasteiger partial charge on any atom is 0.305 e. The van der Waals surface area contributed by atoms with Crippen molar-refractivity contribution in [3.8, 4) is 0 Å². The molecular formula is C10H18O4. The monoisotopic (exact) mass is 202 g/mol. The minimum atomic E-state index is -0.269. The fourth-order valence-electron chi connectivity index (χ4n) is 0.898. The van der Waals surface area contributed by atoms with Crippen LogP contribution < -0.4 is 0 Å². The molecule has 0 spiro atoms. The number of hydrogen-bond acceptors (Lipinski definition) is 4. The van der Waals surface area contributed by atoms with Crippen molar-refractivity contribution in [2.75, 3.05) is 13.7 Å². The summed E-state index contributed by atoms with van der Waals surface area (Å²) in [7, 11) is 1.34. The van der Waals surface area contributed by atoms with Gasteiger partial charge in [-0.1, -0.05) is 13.3 Å². The molecule has 0 N–H and O–H groups in total. The molecule has 0 aliphatic carbocycles. The van der Waals surface area contributed by atoms with E-state index in [9.17, 15) is 9.59 Å². The fraction of sp³-hybridized carbons (Fsp3) is 0.800. The van der Waals surface area contributed by atoms with Crippen LogP contribution in [0.15, 0.2) is 0 Å². The first-order valence-electron chi connectivity index (χ1n) is 4.93. The van der Waals surface area contributed by atoms with Crippen LogP contribution in [0.25, 0.3) is 0 Å². The zero-order valence-corrected chi connectivity index (χ0v) is 8.88. The van der Waals surface area contributed by atoms with Crippen LogP contribution in [0, 0.1) is 0 Å². The van der Waals surface area contributed by atoms with E-state index in [1.165, 1.54) is 7.11 Å². The van der Waals surface area contributed by atoms with E-state index in [1.54, 1.807) is 0 Å². The van der Waals surface area contributed by atoms with Crippen LogP contribution in [0.5, 0.6) is 0 Å². The number of rotatable bonds is 7. The second kappa shape index (κ2) is 8.53. The predicted octanol–water partition coefficient (Wildman–Crippen LogP) is 1.67. The minimum Gasteiger partial charge on any atom is -0.469 e. The van der Waals surface area contributed by atoms with Gasteiger partial charge in [0.15, 0.2) is 0 Å². The summed E-state index contributed by atoms with van der Waals surface area (Å²) in [6.45, 7) is 2.32. The Labute approximate surface area is 84.6 Å². The molecule has 4 nitrogen and oxygen atoms in total. The topological polar surface area (TPSA) is 52.6 Å². The van der Waals surface area contributed by atoms with Crippen molar-refractivity contribution in [2.24, 2.45) is 0 Å². The summed E-state index contributed by atoms with van der Waals surface area (Å²) in [5.41, 5.74) is 0. The van der Waals surface area contributed by atoms with Crippen LogP contribution in [0.3, 0.4) is 0 Å². The molecule has 0 aromatic rings. The summed E-state index contributed by atoms with van der Waals surface area (Å²) >= 11 is 0. The molecule has 14 heavy (non-hydrogen) atoms. The third-order valence-electron chi connectivity index (χ3n) is 1.75. The van der Waals surface area contributed by atoms with E-state index in [0.29, 0.717) is 25.9 Å². The normalized spacial score (nSPS) is 9.57. The van der Waals surface area contributed by atoms with Crippen LogP contribution in [-0.4, -0.2) is 25.7 Å². The van der Waals surface area contributed by atoms with Gasteiger partial charge in [-0.05, 0) is 12.8 Å². The Morgan fingerprint density at radius 1 is 1.07 bits per heavy atom. The summed E-state index contributed by atoms with van der Waals surface area (Å²) < 4.78 is 9.34. The molecule has 82 valence electrons. The lowest BCUT2D eigenvalue weighted by Gasteiger charge is -2.03. The Balaban J connectivity index is 3.27. The molecule has 0 aliphatic heterocycles. The SMILES string of the molecule is CCCCC(=O)OCCCC(=O)OC. The van der Waals surface area contributed by atoms with E-state index in [-0.39, 0.29) is 11.9 Å². The molecule has 0 heterocycles. The molecule has 4 heteroatoms. The highest BCUT2D eigenvalue weighted by atomic mass is 16.5. The summed E-state index contributed by atoms with van der Waals surface area (Å²) in [5, 5.41) is 0. The van der Waals surface area contributed by atoms with Crippen molar-refractivity contribution < 1.29 is 19.1 Å². The van der Waals surface area contributed by atoms with Gasteiger partial charge in [-0.2, -0.15) is 0 Å². The van der Waals surface area contributed by atoms with E-state index in [4.69, 9.17) is 4.74 Å². The Morgan fingerprint density at radius 2 is 1.71 bits per heavy atom. The Hall–Kier alpha value is -1.06. The lowest BCUT2D eigenvalue weighted by atomic mass is 10.2. The molecule has 0 rings (SSSR count). The molecule has 0 radical (unpaired) electrons. The number of hydrogen-bond donors (Lipinski definition) is 0. The van der Waals surface area contributed by atoms with Crippen molar-refractivity contribution in [3.63, 3.8) is 0 Å². The number of methoxy groups -OCH3 is 1. The van der Waals surface area contributed by atoms with Crippen LogP contribution in [-0.2, 0) is 19.1 Å². The quantitative estimate of drug-likeness (QED) is 0.465. The molecule has 0 fully saturated rings. The van der Waals surface area contributed by atoms with E-state index >= 15 is 0 Å². The molecule has 0 saturated carbocycles. The van der Waals surface area contributed by atoms with E-state index in [1.807, 2.05) is 6.92 Å². The number of unbranched alkanes of at least 4 members (excludes halogenated alkanes) is 1. The van der Waals surface area contributed by atoms with E-state index in [0.717, 1.165) is 12.8 Å². The number of esters is 2. The fourth-order valence-corrected chi connectivity index (χ4v) is 0.898. The van der Waals surface area contributed by atoms with Gasteiger partial charge in [0.05, 0.1) is 13.7 Å². The second-order valence-corrected chi connectivity index (χ2v) is 3.00. The largest absolute Gasteiger partial charge is 0.469 e. The van der Waals surface area contributed by atoms with Crippen LogP contribution >= 0.6 is 0 Å². The van der Waals surface area contributed by atoms with E-state index in [2.05, 4.69) is 4.74 Å². The second-order valence-electron chi connectivity index (χ2n) is 3.00.